The number of imide groups is 1. The van der Waals surface area contributed by atoms with Crippen molar-refractivity contribution in [1.29, 1.82) is 0 Å². The molecule has 2 aromatic rings. The Balaban J connectivity index is 1.69. The second-order valence-electron chi connectivity index (χ2n) is 8.01. The van der Waals surface area contributed by atoms with Crippen LogP contribution in [0.25, 0.3) is 11.1 Å². The lowest BCUT2D eigenvalue weighted by Crippen LogP contribution is -2.45. The van der Waals surface area contributed by atoms with E-state index in [0.29, 0.717) is 10.6 Å². The zero-order valence-corrected chi connectivity index (χ0v) is 19.4. The predicted molar refractivity (Wildman–Crippen MR) is 127 cm³/mol. The van der Waals surface area contributed by atoms with Crippen LogP contribution in [-0.4, -0.2) is 36.5 Å². The lowest BCUT2D eigenvalue weighted by Gasteiger charge is -2.12. The first-order valence-electron chi connectivity index (χ1n) is 10.7. The van der Waals surface area contributed by atoms with Gasteiger partial charge < -0.3 is 15.4 Å². The third-order valence-electron chi connectivity index (χ3n) is 5.01. The van der Waals surface area contributed by atoms with Crippen LogP contribution >= 0.6 is 11.3 Å². The van der Waals surface area contributed by atoms with E-state index in [-0.39, 0.29) is 17.5 Å². The summed E-state index contributed by atoms with van der Waals surface area (Å²) in [6.07, 6.45) is 5.30. The van der Waals surface area contributed by atoms with Crippen LogP contribution in [0.3, 0.4) is 0 Å². The van der Waals surface area contributed by atoms with Crippen molar-refractivity contribution >= 4 is 40.2 Å². The van der Waals surface area contributed by atoms with Gasteiger partial charge in [-0.1, -0.05) is 48.7 Å². The average molecular weight is 470 g/mol. The van der Waals surface area contributed by atoms with E-state index in [0.717, 1.165) is 36.8 Å². The normalized spacial score (nSPS) is 13.2. The number of urea groups is 1. The van der Waals surface area contributed by atoms with Crippen LogP contribution in [0, 0.1) is 0 Å². The van der Waals surface area contributed by atoms with Gasteiger partial charge in [0, 0.05) is 23.1 Å². The highest BCUT2D eigenvalue weighted by Crippen LogP contribution is 2.36. The summed E-state index contributed by atoms with van der Waals surface area (Å²) in [4.78, 5) is 49.2. The van der Waals surface area contributed by atoms with Crippen molar-refractivity contribution in [3.8, 4) is 11.1 Å². The highest BCUT2D eigenvalue weighted by atomic mass is 32.1. The molecule has 1 fully saturated rings. The van der Waals surface area contributed by atoms with E-state index in [1.807, 2.05) is 30.3 Å². The number of thiophene rings is 1. The number of esters is 1. The van der Waals surface area contributed by atoms with E-state index < -0.39 is 24.5 Å². The fourth-order valence-corrected chi connectivity index (χ4v) is 4.51. The Morgan fingerprint density at radius 2 is 1.79 bits per heavy atom. The quantitative estimate of drug-likeness (QED) is 0.415. The minimum atomic E-state index is -0.769. The number of carbonyl (C=O) groups is 4. The van der Waals surface area contributed by atoms with Crippen LogP contribution in [0.5, 0.6) is 0 Å². The van der Waals surface area contributed by atoms with Gasteiger partial charge in [-0.3, -0.25) is 14.9 Å². The van der Waals surface area contributed by atoms with E-state index in [1.165, 1.54) is 17.4 Å². The molecule has 0 saturated heterocycles. The second kappa shape index (κ2) is 11.4. The Morgan fingerprint density at radius 1 is 1.09 bits per heavy atom. The van der Waals surface area contributed by atoms with Gasteiger partial charge in [-0.15, -0.1) is 11.3 Å². The zero-order valence-electron chi connectivity index (χ0n) is 18.6. The number of hydrogen-bond acceptors (Lipinski definition) is 6. The molecule has 0 spiro atoms. The van der Waals surface area contributed by atoms with Gasteiger partial charge in [-0.2, -0.15) is 0 Å². The van der Waals surface area contributed by atoms with Crippen molar-refractivity contribution in [2.45, 2.75) is 45.6 Å². The first-order chi connectivity index (χ1) is 15.8. The number of benzene rings is 1. The van der Waals surface area contributed by atoms with Crippen LogP contribution in [0.2, 0.25) is 0 Å². The summed E-state index contributed by atoms with van der Waals surface area (Å²) in [6, 6.07) is 8.65. The molecule has 3 N–H and O–H groups in total. The highest BCUT2D eigenvalue weighted by molar-refractivity contribution is 7.15. The van der Waals surface area contributed by atoms with Crippen molar-refractivity contribution < 1.29 is 23.9 Å². The molecular weight excluding hydrogens is 442 g/mol. The van der Waals surface area contributed by atoms with E-state index in [2.05, 4.69) is 16.0 Å². The Bertz CT molecular complexity index is 1050. The van der Waals surface area contributed by atoms with E-state index in [9.17, 15) is 19.2 Å². The first-order valence-corrected chi connectivity index (χ1v) is 11.6. The molecule has 1 aliphatic rings. The lowest BCUT2D eigenvalue weighted by atomic mass is 10.0. The van der Waals surface area contributed by atoms with Crippen molar-refractivity contribution in [3.05, 3.63) is 52.9 Å². The number of carbonyl (C=O) groups excluding carboxylic acids is 4. The maximum Gasteiger partial charge on any atom is 0.342 e. The Morgan fingerprint density at radius 3 is 2.45 bits per heavy atom. The number of allylic oxidation sites excluding steroid dienone is 1. The molecule has 33 heavy (non-hydrogen) atoms. The van der Waals surface area contributed by atoms with Gasteiger partial charge in [0.1, 0.15) is 10.6 Å². The fourth-order valence-electron chi connectivity index (χ4n) is 3.55. The summed E-state index contributed by atoms with van der Waals surface area (Å²) in [7, 11) is 0. The van der Waals surface area contributed by atoms with E-state index in [1.54, 1.807) is 19.2 Å². The third kappa shape index (κ3) is 7.01. The molecule has 3 rings (SSSR count). The Kier molecular flexibility index (Phi) is 8.37. The largest absolute Gasteiger partial charge is 0.452 e. The lowest BCUT2D eigenvalue weighted by molar-refractivity contribution is -0.123. The SMILES string of the molecule is CC(C)=CC(=O)Nc1scc(-c2ccccc2)c1C(=O)OCC(=O)NC(=O)NC1CCCC1. The smallest absolute Gasteiger partial charge is 0.342 e. The molecule has 4 amide bonds. The summed E-state index contributed by atoms with van der Waals surface area (Å²) in [5, 5.41) is 9.70. The van der Waals surface area contributed by atoms with Gasteiger partial charge in [0.05, 0.1) is 0 Å². The number of hydrogen-bond donors (Lipinski definition) is 3. The number of rotatable bonds is 7. The van der Waals surface area contributed by atoms with Crippen LogP contribution in [0.4, 0.5) is 9.80 Å². The maximum absolute atomic E-state index is 12.9. The van der Waals surface area contributed by atoms with Gasteiger partial charge >= 0.3 is 12.0 Å². The highest BCUT2D eigenvalue weighted by Gasteiger charge is 2.24. The molecule has 1 aromatic heterocycles. The third-order valence-corrected chi connectivity index (χ3v) is 5.91. The standard InChI is InChI=1S/C24H27N3O5S/c1-15(2)12-19(28)26-22-21(18(14-33-22)16-8-4-3-5-9-16)23(30)32-13-20(29)27-24(31)25-17-10-6-7-11-17/h3-5,8-9,12,14,17H,6-7,10-11,13H2,1-2H3,(H,26,28)(H2,25,27,29,31). The van der Waals surface area contributed by atoms with E-state index in [4.69, 9.17) is 4.74 Å². The van der Waals surface area contributed by atoms with Gasteiger partial charge in [0.25, 0.3) is 5.91 Å². The Labute approximate surface area is 196 Å². The number of ether oxygens (including phenoxy) is 1. The zero-order chi connectivity index (χ0) is 23.8. The minimum Gasteiger partial charge on any atom is -0.452 e. The molecule has 8 nitrogen and oxygen atoms in total. The van der Waals surface area contributed by atoms with Crippen LogP contribution < -0.4 is 16.0 Å². The summed E-state index contributed by atoms with van der Waals surface area (Å²) >= 11 is 1.19. The number of anilines is 1. The summed E-state index contributed by atoms with van der Waals surface area (Å²) in [6.45, 7) is 2.96. The number of nitrogens with one attached hydrogen (secondary N) is 3. The van der Waals surface area contributed by atoms with Crippen LogP contribution in [0.15, 0.2) is 47.4 Å². The van der Waals surface area contributed by atoms with Crippen molar-refractivity contribution in [2.75, 3.05) is 11.9 Å². The molecule has 1 saturated carbocycles. The molecule has 1 aromatic carbocycles. The molecule has 0 bridgehead atoms. The molecule has 0 aliphatic heterocycles. The Hall–Kier alpha value is -3.46. The number of amides is 4. The van der Waals surface area contributed by atoms with Gasteiger partial charge in [0.2, 0.25) is 5.91 Å². The van der Waals surface area contributed by atoms with E-state index >= 15 is 0 Å². The van der Waals surface area contributed by atoms with Crippen molar-refractivity contribution in [1.82, 2.24) is 10.6 Å². The monoisotopic (exact) mass is 469 g/mol. The van der Waals surface area contributed by atoms with Crippen LogP contribution in [-0.2, 0) is 14.3 Å². The average Bonchev–Trinajstić information content (AvgIpc) is 3.42. The van der Waals surface area contributed by atoms with Gasteiger partial charge in [0.15, 0.2) is 6.61 Å². The predicted octanol–water partition coefficient (Wildman–Crippen LogP) is 4.25. The molecule has 174 valence electrons. The topological polar surface area (TPSA) is 114 Å². The molecule has 9 heteroatoms. The minimum absolute atomic E-state index is 0.0616. The summed E-state index contributed by atoms with van der Waals surface area (Å²) in [5.74, 6) is -1.87. The molecular formula is C24H27N3O5S. The molecule has 0 radical (unpaired) electrons. The van der Waals surface area contributed by atoms with Crippen molar-refractivity contribution in [2.24, 2.45) is 0 Å². The van der Waals surface area contributed by atoms with Gasteiger partial charge in [-0.25, -0.2) is 9.59 Å². The molecule has 0 unspecified atom stereocenters. The van der Waals surface area contributed by atoms with Crippen molar-refractivity contribution in [3.63, 3.8) is 0 Å². The molecule has 1 heterocycles. The summed E-state index contributed by atoms with van der Waals surface area (Å²) < 4.78 is 5.19. The fraction of sp³-hybridized carbons (Fsp3) is 0.333. The first kappa shape index (κ1) is 24.2. The summed E-state index contributed by atoms with van der Waals surface area (Å²) in [5.41, 5.74) is 2.32. The molecule has 0 atom stereocenters. The second-order valence-corrected chi connectivity index (χ2v) is 8.89. The maximum atomic E-state index is 12.9. The van der Waals surface area contributed by atoms with Gasteiger partial charge in [-0.05, 0) is 32.3 Å². The van der Waals surface area contributed by atoms with Crippen LogP contribution in [0.1, 0.15) is 49.9 Å². The molecule has 1 aliphatic carbocycles.